The number of rotatable bonds is 2. The first kappa shape index (κ1) is 12.9. The van der Waals surface area contributed by atoms with Crippen LogP contribution in [0.15, 0.2) is 12.1 Å². The minimum atomic E-state index is -0.586. The van der Waals surface area contributed by atoms with E-state index in [0.29, 0.717) is 24.7 Å². The number of ether oxygens (including phenoxy) is 1. The van der Waals surface area contributed by atoms with Gasteiger partial charge in [-0.05, 0) is 42.0 Å². The van der Waals surface area contributed by atoms with E-state index in [1.807, 2.05) is 6.07 Å². The Hall–Kier alpha value is -1.10. The summed E-state index contributed by atoms with van der Waals surface area (Å²) in [4.78, 5) is 11.4. The molecular weight excluding hydrogens is 266 g/mol. The van der Waals surface area contributed by atoms with Gasteiger partial charge in [0.05, 0.1) is 12.5 Å². The molecule has 0 spiro atoms. The van der Waals surface area contributed by atoms with E-state index in [1.165, 1.54) is 0 Å². The van der Waals surface area contributed by atoms with Crippen molar-refractivity contribution in [1.82, 2.24) is 0 Å². The highest BCUT2D eigenvalue weighted by molar-refractivity contribution is 6.32. The molecule has 2 N–H and O–H groups in total. The molecular formula is C14H16ClNO3. The number of nitrogens with one attached hydrogen (secondary N) is 1. The number of hydrogen-bond donors (Lipinski definition) is 2. The highest BCUT2D eigenvalue weighted by Gasteiger charge is 2.27. The van der Waals surface area contributed by atoms with Crippen LogP contribution < -0.4 is 5.32 Å². The fourth-order valence-corrected chi connectivity index (χ4v) is 3.05. The number of halogens is 1. The van der Waals surface area contributed by atoms with Crippen molar-refractivity contribution in [3.05, 3.63) is 28.3 Å². The van der Waals surface area contributed by atoms with Crippen LogP contribution in [0.4, 0.5) is 5.69 Å². The Kier molecular flexibility index (Phi) is 3.48. The number of hydrogen-bond acceptors (Lipinski definition) is 3. The predicted octanol–water partition coefficient (Wildman–Crippen LogP) is 2.29. The van der Waals surface area contributed by atoms with Crippen molar-refractivity contribution >= 4 is 23.2 Å². The second kappa shape index (κ2) is 5.12. The number of carbonyl (C=O) groups excluding carboxylic acids is 1. The first-order valence-electron chi connectivity index (χ1n) is 6.53. The van der Waals surface area contributed by atoms with Gasteiger partial charge >= 0.3 is 0 Å². The summed E-state index contributed by atoms with van der Waals surface area (Å²) in [7, 11) is 0. The number of carbonyl (C=O) groups is 1. The molecule has 5 heteroatoms. The molecule has 1 amide bonds. The van der Waals surface area contributed by atoms with Gasteiger partial charge in [0.25, 0.3) is 0 Å². The van der Waals surface area contributed by atoms with E-state index in [1.54, 1.807) is 6.07 Å². The van der Waals surface area contributed by atoms with Crippen LogP contribution in [-0.2, 0) is 16.0 Å². The third-order valence-corrected chi connectivity index (χ3v) is 4.21. The van der Waals surface area contributed by atoms with E-state index in [9.17, 15) is 9.90 Å². The fourth-order valence-electron chi connectivity index (χ4n) is 2.78. The zero-order chi connectivity index (χ0) is 13.4. The van der Waals surface area contributed by atoms with E-state index in [4.69, 9.17) is 16.3 Å². The number of aliphatic hydroxyl groups is 1. The molecule has 2 aliphatic heterocycles. The molecule has 0 radical (unpaired) electrons. The Morgan fingerprint density at radius 1 is 1.37 bits per heavy atom. The van der Waals surface area contributed by atoms with E-state index in [2.05, 4.69) is 5.32 Å². The molecule has 0 aromatic heterocycles. The summed E-state index contributed by atoms with van der Waals surface area (Å²) in [5.41, 5.74) is 2.40. The van der Waals surface area contributed by atoms with Crippen molar-refractivity contribution in [2.24, 2.45) is 5.92 Å². The van der Waals surface area contributed by atoms with E-state index in [0.717, 1.165) is 29.7 Å². The molecule has 1 atom stereocenters. The first-order valence-corrected chi connectivity index (χ1v) is 6.91. The number of anilines is 1. The molecule has 1 saturated heterocycles. The smallest absolute Gasteiger partial charge is 0.228 e. The summed E-state index contributed by atoms with van der Waals surface area (Å²) in [5, 5.41) is 13.8. The summed E-state index contributed by atoms with van der Waals surface area (Å²) >= 11 is 6.23. The average Bonchev–Trinajstić information content (AvgIpc) is 2.77. The number of aliphatic hydroxyl groups excluding tert-OH is 1. The number of fused-ring (bicyclic) bond motifs is 1. The maximum absolute atomic E-state index is 11.4. The van der Waals surface area contributed by atoms with Crippen molar-refractivity contribution in [2.75, 3.05) is 18.5 Å². The number of amides is 1. The van der Waals surface area contributed by atoms with Crippen molar-refractivity contribution in [2.45, 2.75) is 25.4 Å². The van der Waals surface area contributed by atoms with Crippen LogP contribution in [0.2, 0.25) is 5.02 Å². The molecule has 1 aromatic rings. The lowest BCUT2D eigenvalue weighted by molar-refractivity contribution is -0.115. The van der Waals surface area contributed by atoms with Crippen LogP contribution in [-0.4, -0.2) is 24.2 Å². The SMILES string of the molecule is O=C1Cc2cc(C(O)C3CCOCC3)c(Cl)cc2N1. The second-order valence-electron chi connectivity index (χ2n) is 5.15. The molecule has 0 saturated carbocycles. The minimum absolute atomic E-state index is 0.0243. The van der Waals surface area contributed by atoms with Crippen molar-refractivity contribution < 1.29 is 14.6 Å². The van der Waals surface area contributed by atoms with Crippen LogP contribution >= 0.6 is 11.6 Å². The molecule has 0 aliphatic carbocycles. The van der Waals surface area contributed by atoms with Gasteiger partial charge in [-0.15, -0.1) is 0 Å². The fraction of sp³-hybridized carbons (Fsp3) is 0.500. The average molecular weight is 282 g/mol. The molecule has 102 valence electrons. The van der Waals surface area contributed by atoms with Crippen molar-refractivity contribution in [3.8, 4) is 0 Å². The van der Waals surface area contributed by atoms with Gasteiger partial charge in [-0.1, -0.05) is 11.6 Å². The van der Waals surface area contributed by atoms with Gasteiger partial charge in [0, 0.05) is 23.9 Å². The Morgan fingerprint density at radius 2 is 2.11 bits per heavy atom. The molecule has 4 nitrogen and oxygen atoms in total. The second-order valence-corrected chi connectivity index (χ2v) is 5.56. The summed E-state index contributed by atoms with van der Waals surface area (Å²) in [6.45, 7) is 1.37. The largest absolute Gasteiger partial charge is 0.388 e. The maximum atomic E-state index is 11.4. The molecule has 19 heavy (non-hydrogen) atoms. The third kappa shape index (κ3) is 2.48. The standard InChI is InChI=1S/C14H16ClNO3/c15-11-7-12-9(6-13(17)16-12)5-10(11)14(18)8-1-3-19-4-2-8/h5,7-8,14,18H,1-4,6H2,(H,16,17). The highest BCUT2D eigenvalue weighted by Crippen LogP contribution is 2.37. The Balaban J connectivity index is 1.88. The lowest BCUT2D eigenvalue weighted by atomic mass is 9.88. The zero-order valence-corrected chi connectivity index (χ0v) is 11.2. The van der Waals surface area contributed by atoms with Gasteiger partial charge in [-0.25, -0.2) is 0 Å². The molecule has 1 aromatic carbocycles. The van der Waals surface area contributed by atoms with Gasteiger partial charge in [0.15, 0.2) is 0 Å². The van der Waals surface area contributed by atoms with Crippen LogP contribution in [0, 0.1) is 5.92 Å². The van der Waals surface area contributed by atoms with Gasteiger partial charge in [-0.2, -0.15) is 0 Å². The quantitative estimate of drug-likeness (QED) is 0.874. The first-order chi connectivity index (χ1) is 9.15. The lowest BCUT2D eigenvalue weighted by Gasteiger charge is -2.27. The minimum Gasteiger partial charge on any atom is -0.388 e. The van der Waals surface area contributed by atoms with Gasteiger partial charge in [0.2, 0.25) is 5.91 Å². The maximum Gasteiger partial charge on any atom is 0.228 e. The summed E-state index contributed by atoms with van der Waals surface area (Å²) < 4.78 is 5.31. The number of benzene rings is 1. The van der Waals surface area contributed by atoms with Crippen LogP contribution in [0.25, 0.3) is 0 Å². The third-order valence-electron chi connectivity index (χ3n) is 3.88. The zero-order valence-electron chi connectivity index (χ0n) is 10.5. The van der Waals surface area contributed by atoms with Crippen molar-refractivity contribution in [3.63, 3.8) is 0 Å². The van der Waals surface area contributed by atoms with Crippen LogP contribution in [0.1, 0.15) is 30.1 Å². The monoisotopic (exact) mass is 281 g/mol. The highest BCUT2D eigenvalue weighted by atomic mass is 35.5. The van der Waals surface area contributed by atoms with Gasteiger partial charge in [0.1, 0.15) is 0 Å². The summed E-state index contributed by atoms with van der Waals surface area (Å²) in [6.07, 6.45) is 1.45. The molecule has 0 bridgehead atoms. The normalized spacial score (nSPS) is 21.1. The molecule has 2 aliphatic rings. The molecule has 1 unspecified atom stereocenters. The molecule has 3 rings (SSSR count). The predicted molar refractivity (Wildman–Crippen MR) is 72.3 cm³/mol. The molecule has 2 heterocycles. The summed E-state index contributed by atoms with van der Waals surface area (Å²) in [5.74, 6) is 0.151. The summed E-state index contributed by atoms with van der Waals surface area (Å²) in [6, 6.07) is 3.59. The topological polar surface area (TPSA) is 58.6 Å². The Labute approximate surface area is 116 Å². The van der Waals surface area contributed by atoms with E-state index >= 15 is 0 Å². The van der Waals surface area contributed by atoms with E-state index in [-0.39, 0.29) is 11.8 Å². The Bertz CT molecular complexity index is 512. The van der Waals surface area contributed by atoms with Crippen LogP contribution in [0.5, 0.6) is 0 Å². The molecule has 1 fully saturated rings. The van der Waals surface area contributed by atoms with E-state index < -0.39 is 6.10 Å². The van der Waals surface area contributed by atoms with Crippen LogP contribution in [0.3, 0.4) is 0 Å². The van der Waals surface area contributed by atoms with Crippen molar-refractivity contribution in [1.29, 1.82) is 0 Å². The Morgan fingerprint density at radius 3 is 2.84 bits per heavy atom. The lowest BCUT2D eigenvalue weighted by Crippen LogP contribution is -2.22. The van der Waals surface area contributed by atoms with Gasteiger partial charge in [-0.3, -0.25) is 4.79 Å². The van der Waals surface area contributed by atoms with Gasteiger partial charge < -0.3 is 15.2 Å².